The van der Waals surface area contributed by atoms with E-state index in [4.69, 9.17) is 0 Å². The van der Waals surface area contributed by atoms with Crippen LogP contribution in [-0.4, -0.2) is 63.9 Å². The van der Waals surface area contributed by atoms with Crippen LogP contribution in [-0.2, 0) is 22.6 Å². The molecule has 0 saturated carbocycles. The molecule has 3 aliphatic heterocycles. The predicted molar refractivity (Wildman–Crippen MR) is 214 cm³/mol. The summed E-state index contributed by atoms with van der Waals surface area (Å²) in [5.74, 6) is 5.21. The van der Waals surface area contributed by atoms with Gasteiger partial charge in [0.2, 0.25) is 11.8 Å². The number of hydrogen-bond donors (Lipinski definition) is 3. The molecule has 1 atom stereocenters. The van der Waals surface area contributed by atoms with Crippen LogP contribution in [0.4, 0.5) is 11.4 Å². The third-order valence-electron chi connectivity index (χ3n) is 11.1. The van der Waals surface area contributed by atoms with E-state index in [1.54, 1.807) is 30.6 Å². The number of pyridine rings is 1. The molecule has 11 nitrogen and oxygen atoms in total. The quantitative estimate of drug-likeness (QED) is 0.0713. The van der Waals surface area contributed by atoms with Crippen LogP contribution in [0.25, 0.3) is 22.0 Å². The largest absolute Gasteiger partial charge is 0.360 e. The lowest BCUT2D eigenvalue weighted by Crippen LogP contribution is -2.52. The van der Waals surface area contributed by atoms with Crippen molar-refractivity contribution in [2.24, 2.45) is 0 Å². The second-order valence-corrected chi connectivity index (χ2v) is 15.0. The lowest BCUT2D eigenvalue weighted by Gasteiger charge is -2.33. The molecule has 5 heterocycles. The number of aromatic amines is 1. The SMILES string of the molecule is Cc1cc2c(cc1-c1ccc(C(=O)NCCC#Cc3cccc4c3CN(C3CCC(=O)NC3=O)C4=O)nc1)CCCN2c1cc(C(C)C)c2[nH]cc(C=O)c2c1. The van der Waals surface area contributed by atoms with Crippen LogP contribution in [0.15, 0.2) is 67.0 Å². The standard InChI is InChI=1S/C45H42N6O5/c1-26(2)34-20-32(21-36-31(25-52)23-48-42(34)36)50-17-7-10-29-19-35(27(3)18-40(29)50)30-12-13-38(47-22-30)43(54)46-16-5-4-8-28-9-6-11-33-37(28)24-51(45(33)56)39-14-15-41(53)49-44(39)55/h6,9,11-13,18-23,25-26,39,48H,5,7,10,14-17,24H2,1-3H3,(H,46,54)(H,49,53,55). The summed E-state index contributed by atoms with van der Waals surface area (Å²) in [4.78, 5) is 73.7. The highest BCUT2D eigenvalue weighted by atomic mass is 16.2. The Hall–Kier alpha value is -6.54. The summed E-state index contributed by atoms with van der Waals surface area (Å²) in [6.07, 6.45) is 7.28. The van der Waals surface area contributed by atoms with Gasteiger partial charge in [-0.25, -0.2) is 0 Å². The van der Waals surface area contributed by atoms with Gasteiger partial charge < -0.3 is 20.1 Å². The Balaban J connectivity index is 0.918. The molecule has 282 valence electrons. The summed E-state index contributed by atoms with van der Waals surface area (Å²) in [6, 6.07) is 17.2. The molecule has 1 unspecified atom stereocenters. The first kappa shape index (κ1) is 36.4. The molecule has 1 fully saturated rings. The number of hydrogen-bond acceptors (Lipinski definition) is 7. The molecule has 5 aromatic rings. The zero-order valence-corrected chi connectivity index (χ0v) is 31.6. The normalized spacial score (nSPS) is 16.4. The van der Waals surface area contributed by atoms with Gasteiger partial charge in [-0.1, -0.05) is 37.8 Å². The fourth-order valence-corrected chi connectivity index (χ4v) is 8.17. The molecular weight excluding hydrogens is 705 g/mol. The average molecular weight is 747 g/mol. The number of nitrogens with zero attached hydrogens (tertiary/aromatic N) is 3. The van der Waals surface area contributed by atoms with E-state index in [2.05, 4.69) is 82.4 Å². The van der Waals surface area contributed by atoms with Crippen molar-refractivity contribution < 1.29 is 24.0 Å². The minimum atomic E-state index is -0.685. The first-order valence-corrected chi connectivity index (χ1v) is 19.1. The number of aryl methyl sites for hydroxylation is 2. The molecule has 2 aromatic heterocycles. The Morgan fingerprint density at radius 2 is 1.93 bits per heavy atom. The Morgan fingerprint density at radius 3 is 2.70 bits per heavy atom. The highest BCUT2D eigenvalue weighted by Gasteiger charge is 2.39. The number of fused-ring (bicyclic) bond motifs is 3. The molecule has 1 saturated heterocycles. The Bertz CT molecular complexity index is 2510. The fourth-order valence-electron chi connectivity index (χ4n) is 8.17. The summed E-state index contributed by atoms with van der Waals surface area (Å²) in [5.41, 5.74) is 11.8. The Morgan fingerprint density at radius 1 is 1.07 bits per heavy atom. The summed E-state index contributed by atoms with van der Waals surface area (Å²) >= 11 is 0. The van der Waals surface area contributed by atoms with E-state index in [1.807, 2.05) is 12.1 Å². The maximum absolute atomic E-state index is 13.1. The molecule has 0 radical (unpaired) electrons. The number of benzene rings is 3. The van der Waals surface area contributed by atoms with Gasteiger partial charge in [0.15, 0.2) is 6.29 Å². The van der Waals surface area contributed by atoms with Crippen LogP contribution >= 0.6 is 0 Å². The van der Waals surface area contributed by atoms with Gasteiger partial charge in [-0.2, -0.15) is 0 Å². The molecule has 0 spiro atoms. The second kappa shape index (κ2) is 14.9. The smallest absolute Gasteiger partial charge is 0.269 e. The van der Waals surface area contributed by atoms with Crippen LogP contribution in [0.5, 0.6) is 0 Å². The number of H-pyrrole nitrogens is 1. The molecular formula is C45H42N6O5. The van der Waals surface area contributed by atoms with E-state index >= 15 is 0 Å². The van der Waals surface area contributed by atoms with Crippen LogP contribution in [0.1, 0.15) is 104 Å². The van der Waals surface area contributed by atoms with Crippen LogP contribution in [0.3, 0.4) is 0 Å². The molecule has 0 bridgehead atoms. The summed E-state index contributed by atoms with van der Waals surface area (Å²) < 4.78 is 0. The minimum absolute atomic E-state index is 0.196. The maximum Gasteiger partial charge on any atom is 0.269 e. The lowest BCUT2D eigenvalue weighted by atomic mass is 9.92. The van der Waals surface area contributed by atoms with E-state index in [0.717, 1.165) is 64.5 Å². The van der Waals surface area contributed by atoms with Crippen molar-refractivity contribution in [1.29, 1.82) is 0 Å². The van der Waals surface area contributed by atoms with Crippen molar-refractivity contribution >= 4 is 52.2 Å². The first-order valence-electron chi connectivity index (χ1n) is 19.1. The molecule has 3 aliphatic rings. The summed E-state index contributed by atoms with van der Waals surface area (Å²) in [5, 5.41) is 6.17. The number of imide groups is 1. The van der Waals surface area contributed by atoms with Crippen molar-refractivity contribution in [2.75, 3.05) is 18.0 Å². The third-order valence-corrected chi connectivity index (χ3v) is 11.1. The van der Waals surface area contributed by atoms with Gasteiger partial charge >= 0.3 is 0 Å². The van der Waals surface area contributed by atoms with Gasteiger partial charge in [0.1, 0.15) is 11.7 Å². The van der Waals surface area contributed by atoms with Crippen molar-refractivity contribution in [3.63, 3.8) is 0 Å². The zero-order valence-electron chi connectivity index (χ0n) is 31.6. The fraction of sp³-hybridized carbons (Fsp3) is 0.289. The summed E-state index contributed by atoms with van der Waals surface area (Å²) in [6.45, 7) is 7.89. The number of carbonyl (C=O) groups is 5. The number of anilines is 2. The lowest BCUT2D eigenvalue weighted by molar-refractivity contribution is -0.136. The van der Waals surface area contributed by atoms with Gasteiger partial charge in [-0.05, 0) is 102 Å². The van der Waals surface area contributed by atoms with Crippen molar-refractivity contribution in [2.45, 2.75) is 71.4 Å². The molecule has 4 amide bonds. The molecule has 0 aliphatic carbocycles. The highest BCUT2D eigenvalue weighted by Crippen LogP contribution is 2.41. The van der Waals surface area contributed by atoms with Gasteiger partial charge in [-0.15, -0.1) is 0 Å². The van der Waals surface area contributed by atoms with Gasteiger partial charge in [0.25, 0.3) is 11.8 Å². The number of piperidine rings is 1. The van der Waals surface area contributed by atoms with Crippen LogP contribution in [0.2, 0.25) is 0 Å². The maximum atomic E-state index is 13.1. The Kier molecular flexibility index (Phi) is 9.72. The predicted octanol–water partition coefficient (Wildman–Crippen LogP) is 6.49. The minimum Gasteiger partial charge on any atom is -0.360 e. The third kappa shape index (κ3) is 6.72. The van der Waals surface area contributed by atoms with Gasteiger partial charge in [0.05, 0.1) is 0 Å². The number of rotatable bonds is 8. The van der Waals surface area contributed by atoms with Crippen LogP contribution < -0.4 is 15.5 Å². The van der Waals surface area contributed by atoms with Gasteiger partial charge in [-0.3, -0.25) is 34.3 Å². The number of carbonyl (C=O) groups excluding carboxylic acids is 5. The second-order valence-electron chi connectivity index (χ2n) is 15.0. The van der Waals surface area contributed by atoms with E-state index in [1.165, 1.54) is 21.7 Å². The van der Waals surface area contributed by atoms with Crippen LogP contribution in [0, 0.1) is 18.8 Å². The number of aldehydes is 1. The Labute approximate surface area is 324 Å². The number of amides is 4. The number of nitrogens with one attached hydrogen (secondary N) is 3. The van der Waals surface area contributed by atoms with Crippen molar-refractivity contribution in [3.05, 3.63) is 112 Å². The average Bonchev–Trinajstić information content (AvgIpc) is 3.77. The van der Waals surface area contributed by atoms with E-state index in [9.17, 15) is 24.0 Å². The van der Waals surface area contributed by atoms with Crippen molar-refractivity contribution in [1.82, 2.24) is 25.5 Å². The highest BCUT2D eigenvalue weighted by molar-refractivity contribution is 6.06. The molecule has 56 heavy (non-hydrogen) atoms. The van der Waals surface area contributed by atoms with E-state index < -0.39 is 11.9 Å². The molecule has 3 aromatic carbocycles. The topological polar surface area (TPSA) is 145 Å². The first-order chi connectivity index (χ1) is 27.1. The number of aromatic nitrogens is 2. The summed E-state index contributed by atoms with van der Waals surface area (Å²) in [7, 11) is 0. The zero-order chi connectivity index (χ0) is 39.1. The molecule has 8 rings (SSSR count). The monoisotopic (exact) mass is 746 g/mol. The van der Waals surface area contributed by atoms with E-state index in [-0.39, 0.29) is 36.6 Å². The van der Waals surface area contributed by atoms with Crippen molar-refractivity contribution in [3.8, 4) is 23.0 Å². The van der Waals surface area contributed by atoms with Gasteiger partial charge in [0, 0.05) is 89.4 Å². The molecule has 3 N–H and O–H groups in total. The molecule has 11 heteroatoms. The van der Waals surface area contributed by atoms with E-state index in [0.29, 0.717) is 41.8 Å².